The molecule has 0 aliphatic heterocycles. The maximum absolute atomic E-state index is 14.8. The second-order valence-corrected chi connectivity index (χ2v) is 8.87. The molecular formula is C20H20FN3O2S. The van der Waals surface area contributed by atoms with Crippen LogP contribution in [0.25, 0.3) is 16.6 Å². The number of anilines is 1. The van der Waals surface area contributed by atoms with Crippen LogP contribution in [0.2, 0.25) is 0 Å². The molecule has 0 saturated carbocycles. The summed E-state index contributed by atoms with van der Waals surface area (Å²) in [5.41, 5.74) is 7.91. The summed E-state index contributed by atoms with van der Waals surface area (Å²) in [6.45, 7) is 3.10. The van der Waals surface area contributed by atoms with Crippen molar-refractivity contribution < 1.29 is 12.8 Å². The van der Waals surface area contributed by atoms with Crippen LogP contribution in [0, 0.1) is 18.2 Å². The molecule has 7 heteroatoms. The molecule has 0 bridgehead atoms. The van der Waals surface area contributed by atoms with Gasteiger partial charge in [-0.25, -0.2) is 21.8 Å². The van der Waals surface area contributed by atoms with Gasteiger partial charge in [0.25, 0.3) is 0 Å². The van der Waals surface area contributed by atoms with Crippen LogP contribution in [0.5, 0.6) is 0 Å². The SMILES string of the molecule is C#C/C=C(/C1=CC=CCC1)c1cc2c(cc1F)nc(N)n2S(=O)(=O)C(C)C. The number of rotatable bonds is 4. The summed E-state index contributed by atoms with van der Waals surface area (Å²) in [5.74, 6) is 1.72. The second-order valence-electron chi connectivity index (χ2n) is 6.53. The number of nitrogens with zero attached hydrogens (tertiary/aromatic N) is 2. The van der Waals surface area contributed by atoms with Crippen LogP contribution in [0.1, 0.15) is 32.3 Å². The number of nitrogen functional groups attached to an aromatic ring is 1. The first-order valence-corrected chi connectivity index (χ1v) is 10.0. The maximum atomic E-state index is 14.8. The Morgan fingerprint density at radius 2 is 2.19 bits per heavy atom. The standard InChI is InChI=1S/C20H20FN3O2S/c1-4-8-15(14-9-6-5-7-10-14)16-11-19-18(12-17(16)21)23-20(22)24(19)27(25,26)13(2)3/h1,5-6,8-9,11-13H,7,10H2,2-3H3,(H2,22,23)/b15-8-. The Morgan fingerprint density at radius 3 is 2.78 bits per heavy atom. The molecule has 1 heterocycles. The molecule has 2 aromatic rings. The van der Waals surface area contributed by atoms with E-state index in [1.807, 2.05) is 18.2 Å². The highest BCUT2D eigenvalue weighted by Crippen LogP contribution is 2.34. The molecule has 0 fully saturated rings. The first-order chi connectivity index (χ1) is 12.8. The van der Waals surface area contributed by atoms with E-state index in [9.17, 15) is 12.8 Å². The minimum atomic E-state index is -3.76. The molecule has 5 nitrogen and oxygen atoms in total. The molecule has 0 radical (unpaired) electrons. The number of imidazole rings is 1. The lowest BCUT2D eigenvalue weighted by molar-refractivity contribution is 0.580. The number of aromatic nitrogens is 2. The highest BCUT2D eigenvalue weighted by molar-refractivity contribution is 7.90. The topological polar surface area (TPSA) is 78.0 Å². The minimum absolute atomic E-state index is 0.176. The Balaban J connectivity index is 2.31. The lowest BCUT2D eigenvalue weighted by Crippen LogP contribution is -2.23. The van der Waals surface area contributed by atoms with Gasteiger partial charge in [-0.2, -0.15) is 0 Å². The molecule has 1 aliphatic rings. The van der Waals surface area contributed by atoms with Crippen LogP contribution < -0.4 is 5.73 Å². The van der Waals surface area contributed by atoms with Gasteiger partial charge in [0.15, 0.2) is 0 Å². The summed E-state index contributed by atoms with van der Waals surface area (Å²) in [7, 11) is -3.76. The van der Waals surface area contributed by atoms with Crippen molar-refractivity contribution in [3.05, 3.63) is 53.4 Å². The fraction of sp³-hybridized carbons (Fsp3) is 0.250. The summed E-state index contributed by atoms with van der Waals surface area (Å²) in [5, 5.41) is -0.711. The van der Waals surface area contributed by atoms with Gasteiger partial charge in [0.2, 0.25) is 16.0 Å². The van der Waals surface area contributed by atoms with E-state index in [0.717, 1.165) is 16.0 Å². The maximum Gasteiger partial charge on any atom is 0.244 e. The number of nitrogens with two attached hydrogens (primary N) is 1. The summed E-state index contributed by atoms with van der Waals surface area (Å²) >= 11 is 0. The van der Waals surface area contributed by atoms with Crippen LogP contribution in [0.4, 0.5) is 10.3 Å². The monoisotopic (exact) mass is 385 g/mol. The van der Waals surface area contributed by atoms with Crippen molar-refractivity contribution in [1.29, 1.82) is 0 Å². The van der Waals surface area contributed by atoms with Crippen molar-refractivity contribution in [2.75, 3.05) is 5.73 Å². The Hall–Kier alpha value is -2.85. The zero-order chi connectivity index (χ0) is 19.8. The number of hydrogen-bond donors (Lipinski definition) is 1. The van der Waals surface area contributed by atoms with E-state index >= 15 is 0 Å². The normalized spacial score (nSPS) is 15.2. The zero-order valence-electron chi connectivity index (χ0n) is 15.1. The number of hydrogen-bond acceptors (Lipinski definition) is 4. The lowest BCUT2D eigenvalue weighted by Gasteiger charge is -2.15. The van der Waals surface area contributed by atoms with E-state index in [2.05, 4.69) is 10.9 Å². The molecule has 1 aromatic carbocycles. The van der Waals surface area contributed by atoms with Crippen LogP contribution in [0.3, 0.4) is 0 Å². The molecule has 0 saturated heterocycles. The molecule has 140 valence electrons. The lowest BCUT2D eigenvalue weighted by atomic mass is 9.91. The summed E-state index contributed by atoms with van der Waals surface area (Å²) in [6, 6.07) is 2.65. The van der Waals surface area contributed by atoms with Crippen LogP contribution in [-0.4, -0.2) is 22.6 Å². The largest absolute Gasteiger partial charge is 0.368 e. The molecule has 0 amide bonds. The van der Waals surface area contributed by atoms with E-state index < -0.39 is 21.1 Å². The number of benzene rings is 1. The first kappa shape index (κ1) is 18.9. The van der Waals surface area contributed by atoms with Crippen molar-refractivity contribution in [3.8, 4) is 12.3 Å². The number of terminal acetylenes is 1. The van der Waals surface area contributed by atoms with Crippen molar-refractivity contribution in [2.24, 2.45) is 0 Å². The summed E-state index contributed by atoms with van der Waals surface area (Å²) in [6.07, 6.45) is 14.3. The third-order valence-corrected chi connectivity index (χ3v) is 6.54. The van der Waals surface area contributed by atoms with Gasteiger partial charge in [-0.15, -0.1) is 6.42 Å². The van der Waals surface area contributed by atoms with Gasteiger partial charge in [-0.1, -0.05) is 24.1 Å². The Morgan fingerprint density at radius 1 is 1.44 bits per heavy atom. The predicted molar refractivity (Wildman–Crippen MR) is 107 cm³/mol. The Bertz CT molecular complexity index is 1150. The van der Waals surface area contributed by atoms with E-state index in [1.165, 1.54) is 18.2 Å². The predicted octanol–water partition coefficient (Wildman–Crippen LogP) is 3.64. The highest BCUT2D eigenvalue weighted by Gasteiger charge is 2.26. The van der Waals surface area contributed by atoms with Gasteiger partial charge in [-0.05, 0) is 50.0 Å². The van der Waals surface area contributed by atoms with Gasteiger partial charge in [0, 0.05) is 11.6 Å². The van der Waals surface area contributed by atoms with Crippen LogP contribution >= 0.6 is 0 Å². The minimum Gasteiger partial charge on any atom is -0.368 e. The van der Waals surface area contributed by atoms with Crippen molar-refractivity contribution in [1.82, 2.24) is 8.96 Å². The molecule has 0 unspecified atom stereocenters. The molecular weight excluding hydrogens is 365 g/mol. The second kappa shape index (κ2) is 7.05. The van der Waals surface area contributed by atoms with E-state index in [-0.39, 0.29) is 22.5 Å². The quantitative estimate of drug-likeness (QED) is 0.815. The summed E-state index contributed by atoms with van der Waals surface area (Å²) < 4.78 is 41.2. The van der Waals surface area contributed by atoms with E-state index in [0.29, 0.717) is 12.0 Å². The average Bonchev–Trinajstić information content (AvgIpc) is 2.95. The first-order valence-electron chi connectivity index (χ1n) is 8.52. The van der Waals surface area contributed by atoms with Crippen LogP contribution in [0.15, 0.2) is 42.0 Å². The molecule has 2 N–H and O–H groups in total. The Labute approximate surface area is 158 Å². The number of fused-ring (bicyclic) bond motifs is 1. The van der Waals surface area contributed by atoms with Gasteiger partial charge >= 0.3 is 0 Å². The van der Waals surface area contributed by atoms with Gasteiger partial charge < -0.3 is 5.73 Å². The molecule has 0 spiro atoms. The van der Waals surface area contributed by atoms with Crippen molar-refractivity contribution in [2.45, 2.75) is 31.9 Å². The fourth-order valence-corrected chi connectivity index (χ4v) is 4.18. The fourth-order valence-electron chi connectivity index (χ4n) is 3.03. The molecule has 3 rings (SSSR count). The van der Waals surface area contributed by atoms with Gasteiger partial charge in [0.1, 0.15) is 5.82 Å². The molecule has 27 heavy (non-hydrogen) atoms. The zero-order valence-corrected chi connectivity index (χ0v) is 15.9. The van der Waals surface area contributed by atoms with Crippen molar-refractivity contribution in [3.63, 3.8) is 0 Å². The van der Waals surface area contributed by atoms with Gasteiger partial charge in [-0.3, -0.25) is 0 Å². The van der Waals surface area contributed by atoms with E-state index in [4.69, 9.17) is 12.2 Å². The third kappa shape index (κ3) is 3.28. The smallest absolute Gasteiger partial charge is 0.244 e. The molecule has 1 aromatic heterocycles. The van der Waals surface area contributed by atoms with E-state index in [1.54, 1.807) is 13.8 Å². The average molecular weight is 385 g/mol. The Kier molecular flexibility index (Phi) is 4.94. The van der Waals surface area contributed by atoms with Crippen LogP contribution in [-0.2, 0) is 10.0 Å². The molecule has 1 aliphatic carbocycles. The third-order valence-electron chi connectivity index (χ3n) is 4.45. The highest BCUT2D eigenvalue weighted by atomic mass is 32.2. The number of allylic oxidation sites excluding steroid dienone is 6. The molecule has 0 atom stereocenters. The summed E-state index contributed by atoms with van der Waals surface area (Å²) in [4.78, 5) is 4.02. The number of halogens is 1. The van der Waals surface area contributed by atoms with Crippen molar-refractivity contribution >= 4 is 32.6 Å². The van der Waals surface area contributed by atoms with Gasteiger partial charge in [0.05, 0.1) is 16.3 Å².